The van der Waals surface area contributed by atoms with Gasteiger partial charge in [-0.1, -0.05) is 181 Å². The van der Waals surface area contributed by atoms with Crippen LogP contribution >= 0.6 is 7.82 Å². The van der Waals surface area contributed by atoms with Crippen molar-refractivity contribution in [2.24, 2.45) is 0 Å². The van der Waals surface area contributed by atoms with Crippen molar-refractivity contribution in [2.75, 3.05) is 60.7 Å². The zero-order valence-corrected chi connectivity index (χ0v) is 35.3. The van der Waals surface area contributed by atoms with Crippen molar-refractivity contribution in [3.05, 3.63) is 0 Å². The smallest absolute Gasteiger partial charge is 0.447 e. The predicted molar refractivity (Wildman–Crippen MR) is 214 cm³/mol. The first-order chi connectivity index (χ1) is 24.6. The number of hydrogen-bond acceptors (Lipinski definition) is 6. The molecule has 9 nitrogen and oxygen atoms in total. The van der Waals surface area contributed by atoms with Crippen LogP contribution in [0.15, 0.2) is 0 Å². The molecular formula is C41H86N2O7P+. The molecule has 0 aromatic heterocycles. The van der Waals surface area contributed by atoms with Gasteiger partial charge in [-0.05, 0) is 12.8 Å². The maximum atomic E-state index is 12.6. The molecule has 2 atom stereocenters. The third-order valence-corrected chi connectivity index (χ3v) is 10.5. The van der Waals surface area contributed by atoms with Crippen LogP contribution < -0.4 is 5.32 Å². The van der Waals surface area contributed by atoms with Crippen LogP contribution in [0, 0.1) is 0 Å². The summed E-state index contributed by atoms with van der Waals surface area (Å²) in [5.74, 6) is 0. The number of carbonyl (C=O) groups excluding carboxylic acids is 1. The highest BCUT2D eigenvalue weighted by Crippen LogP contribution is 2.44. The van der Waals surface area contributed by atoms with Crippen molar-refractivity contribution in [1.29, 1.82) is 0 Å². The monoisotopic (exact) mass is 750 g/mol. The van der Waals surface area contributed by atoms with Crippen LogP contribution in [0.4, 0.5) is 4.79 Å². The van der Waals surface area contributed by atoms with Crippen LogP contribution in [-0.2, 0) is 23.1 Å². The minimum atomic E-state index is -4.34. The van der Waals surface area contributed by atoms with E-state index in [0.29, 0.717) is 24.2 Å². The third-order valence-electron chi connectivity index (χ3n) is 9.44. The van der Waals surface area contributed by atoms with E-state index in [0.717, 1.165) is 25.7 Å². The number of amides is 1. The summed E-state index contributed by atoms with van der Waals surface area (Å²) in [5.41, 5.74) is 0. The van der Waals surface area contributed by atoms with E-state index in [9.17, 15) is 14.3 Å². The topological polar surface area (TPSA) is 103 Å². The normalized spacial score (nSPS) is 13.7. The van der Waals surface area contributed by atoms with Gasteiger partial charge >= 0.3 is 13.9 Å². The van der Waals surface area contributed by atoms with E-state index in [1.54, 1.807) is 0 Å². The molecule has 0 radical (unpaired) electrons. The fourth-order valence-electron chi connectivity index (χ4n) is 6.10. The van der Waals surface area contributed by atoms with Gasteiger partial charge in [-0.3, -0.25) is 9.05 Å². The average Bonchev–Trinajstić information content (AvgIpc) is 3.07. The van der Waals surface area contributed by atoms with E-state index in [1.165, 1.54) is 154 Å². The molecule has 0 rings (SSSR count). The maximum absolute atomic E-state index is 12.6. The van der Waals surface area contributed by atoms with E-state index in [-0.39, 0.29) is 19.8 Å². The number of quaternary nitrogens is 1. The molecule has 0 saturated carbocycles. The van der Waals surface area contributed by atoms with Crippen molar-refractivity contribution < 1.29 is 37.3 Å². The van der Waals surface area contributed by atoms with Crippen molar-refractivity contribution in [3.8, 4) is 0 Å². The molecule has 0 spiro atoms. The Bertz CT molecular complexity index is 796. The number of nitrogens with one attached hydrogen (secondary N) is 1. The number of alkyl carbamates (subject to hydrolysis) is 1. The second-order valence-corrected chi connectivity index (χ2v) is 17.2. The molecule has 1 amide bonds. The first-order valence-electron chi connectivity index (χ1n) is 21.5. The summed E-state index contributed by atoms with van der Waals surface area (Å²) in [6, 6.07) is 0. The summed E-state index contributed by atoms with van der Waals surface area (Å²) in [7, 11) is 1.59. The number of hydrogen-bond donors (Lipinski definition) is 2. The lowest BCUT2D eigenvalue weighted by molar-refractivity contribution is -0.870. The van der Waals surface area contributed by atoms with Gasteiger partial charge in [-0.25, -0.2) is 9.36 Å². The van der Waals surface area contributed by atoms with Crippen LogP contribution in [0.25, 0.3) is 0 Å². The van der Waals surface area contributed by atoms with Crippen molar-refractivity contribution in [2.45, 2.75) is 200 Å². The number of carbonyl (C=O) groups is 1. The molecule has 0 fully saturated rings. The summed E-state index contributed by atoms with van der Waals surface area (Å²) in [4.78, 5) is 22.7. The molecule has 0 saturated heterocycles. The van der Waals surface area contributed by atoms with Gasteiger partial charge in [0.1, 0.15) is 25.9 Å². The lowest BCUT2D eigenvalue weighted by Gasteiger charge is -2.25. The fourth-order valence-corrected chi connectivity index (χ4v) is 6.97. The zero-order valence-electron chi connectivity index (χ0n) is 34.4. The van der Waals surface area contributed by atoms with Gasteiger partial charge in [-0.2, -0.15) is 0 Å². The number of rotatable bonds is 40. The summed E-state index contributed by atoms with van der Waals surface area (Å²) in [5, 5.41) is 2.80. The third kappa shape index (κ3) is 40.3. The van der Waals surface area contributed by atoms with Gasteiger partial charge in [0.15, 0.2) is 0 Å². The highest BCUT2D eigenvalue weighted by molar-refractivity contribution is 7.47. The number of ether oxygens (including phenoxy) is 2. The van der Waals surface area contributed by atoms with Crippen molar-refractivity contribution in [3.63, 3.8) is 0 Å². The molecule has 0 aromatic rings. The molecule has 0 aliphatic rings. The molecule has 51 heavy (non-hydrogen) atoms. The number of nitrogens with zero attached hydrogens (tertiary/aromatic N) is 1. The summed E-state index contributed by atoms with van der Waals surface area (Å²) >= 11 is 0. The van der Waals surface area contributed by atoms with Crippen LogP contribution in [0.3, 0.4) is 0 Å². The first kappa shape index (κ1) is 50.3. The van der Waals surface area contributed by atoms with Gasteiger partial charge in [0.25, 0.3) is 0 Å². The molecule has 10 heteroatoms. The van der Waals surface area contributed by atoms with Crippen LogP contribution in [0.2, 0.25) is 0 Å². The Balaban J connectivity index is 4.15. The maximum Gasteiger partial charge on any atom is 0.472 e. The largest absolute Gasteiger partial charge is 0.472 e. The number of phosphoric ester groups is 1. The standard InChI is InChI=1S/C41H85N2O7P/c1-6-8-10-12-14-16-18-20-22-24-26-28-30-32-34-42-41(44)48-39-40(50-51(45,46)49-37-35-43(3,4)5)38-47-36-33-31-29-27-25-23-21-19-17-15-13-11-9-7-2/h40H,6-39H2,1-5H3,(H-,42,44,45,46)/p+1. The molecule has 0 bridgehead atoms. The predicted octanol–water partition coefficient (Wildman–Crippen LogP) is 11.9. The van der Waals surface area contributed by atoms with E-state index >= 15 is 0 Å². The number of unbranched alkanes of at least 4 members (excludes halogenated alkanes) is 26. The molecule has 2 unspecified atom stereocenters. The van der Waals surface area contributed by atoms with Crippen LogP contribution in [0.1, 0.15) is 194 Å². The van der Waals surface area contributed by atoms with Gasteiger partial charge in [0, 0.05) is 13.2 Å². The average molecular weight is 750 g/mol. The molecule has 2 N–H and O–H groups in total. The van der Waals surface area contributed by atoms with Gasteiger partial charge in [-0.15, -0.1) is 0 Å². The van der Waals surface area contributed by atoms with Gasteiger partial charge in [0.2, 0.25) is 0 Å². The zero-order chi connectivity index (χ0) is 37.7. The second kappa shape index (κ2) is 36.3. The molecule has 0 aliphatic carbocycles. The van der Waals surface area contributed by atoms with Gasteiger partial charge in [0.05, 0.1) is 27.7 Å². The van der Waals surface area contributed by atoms with Crippen LogP contribution in [0.5, 0.6) is 0 Å². The van der Waals surface area contributed by atoms with E-state index in [1.807, 2.05) is 21.1 Å². The number of phosphoric acid groups is 1. The summed E-state index contributed by atoms with van der Waals surface area (Å²) in [6.45, 7) is 6.09. The first-order valence-corrected chi connectivity index (χ1v) is 23.0. The number of likely N-dealkylation sites (N-methyl/N-ethyl adjacent to an activating group) is 1. The Morgan fingerprint density at radius 1 is 0.588 bits per heavy atom. The molecule has 0 aromatic carbocycles. The minimum absolute atomic E-state index is 0.0495. The Labute approximate surface area is 316 Å². The Morgan fingerprint density at radius 2 is 0.980 bits per heavy atom. The second-order valence-electron chi connectivity index (χ2n) is 15.8. The minimum Gasteiger partial charge on any atom is -0.447 e. The Morgan fingerprint density at radius 3 is 1.39 bits per heavy atom. The highest BCUT2D eigenvalue weighted by Gasteiger charge is 2.28. The summed E-state index contributed by atoms with van der Waals surface area (Å²) < 4.78 is 35.0. The molecule has 306 valence electrons. The molecule has 0 aliphatic heterocycles. The Hall–Kier alpha value is -0.700. The molecule has 0 heterocycles. The quantitative estimate of drug-likeness (QED) is 0.0365. The van der Waals surface area contributed by atoms with Gasteiger partial charge < -0.3 is 24.2 Å². The Kier molecular flexibility index (Phi) is 35.8. The SMILES string of the molecule is CCCCCCCCCCCCCCCCNC(=O)OCC(COCCCCCCCCCCCCCCCC)OP(=O)(O)OCC[N+](C)(C)C. The fraction of sp³-hybridized carbons (Fsp3) is 0.976. The lowest BCUT2D eigenvalue weighted by Crippen LogP contribution is -2.37. The van der Waals surface area contributed by atoms with E-state index < -0.39 is 20.0 Å². The molecular weight excluding hydrogens is 663 g/mol. The van der Waals surface area contributed by atoms with Crippen LogP contribution in [-0.4, -0.2) is 82.2 Å². The summed E-state index contributed by atoms with van der Waals surface area (Å²) in [6.07, 6.45) is 34.6. The lowest BCUT2D eigenvalue weighted by atomic mass is 10.0. The van der Waals surface area contributed by atoms with E-state index in [4.69, 9.17) is 18.5 Å². The van der Waals surface area contributed by atoms with Crippen molar-refractivity contribution >= 4 is 13.9 Å². The highest BCUT2D eigenvalue weighted by atomic mass is 31.2. The van der Waals surface area contributed by atoms with Crippen molar-refractivity contribution in [1.82, 2.24) is 5.32 Å². The van der Waals surface area contributed by atoms with E-state index in [2.05, 4.69) is 19.2 Å².